The molecule has 1 heterocycles. The topological polar surface area (TPSA) is 77.2 Å². The summed E-state index contributed by atoms with van der Waals surface area (Å²) in [5.41, 5.74) is 0.164. The van der Waals surface area contributed by atoms with E-state index in [0.717, 1.165) is 0 Å². The molecule has 0 atom stereocenters. The largest absolute Gasteiger partial charge is 0.303 e. The van der Waals surface area contributed by atoms with E-state index in [1.54, 1.807) is 24.3 Å². The van der Waals surface area contributed by atoms with Crippen LogP contribution in [0.4, 0.5) is 0 Å². The molecular formula is C10H8N4O2. The van der Waals surface area contributed by atoms with Crippen molar-refractivity contribution in [2.75, 3.05) is 0 Å². The Balaban J connectivity index is 2.69. The van der Waals surface area contributed by atoms with Crippen molar-refractivity contribution >= 4 is 0 Å². The first-order valence-corrected chi connectivity index (χ1v) is 4.59. The molecule has 0 saturated heterocycles. The van der Waals surface area contributed by atoms with Crippen molar-refractivity contribution in [2.45, 2.75) is 6.92 Å². The molecule has 0 amide bonds. The summed E-state index contributed by atoms with van der Waals surface area (Å²) in [6.45, 7) is 1.49. The number of aryl methyl sites for hydroxylation is 1. The summed E-state index contributed by atoms with van der Waals surface area (Å²) < 4.78 is 0.690. The number of hydrogen-bond acceptors (Lipinski definition) is 5. The molecular weight excluding hydrogens is 208 g/mol. The van der Waals surface area contributed by atoms with Gasteiger partial charge in [0.25, 0.3) is 0 Å². The Kier molecular flexibility index (Phi) is 2.55. The minimum absolute atomic E-state index is 0.116. The fraction of sp³-hybridized carbons (Fsp3) is 0.100. The maximum Gasteiger partial charge on any atom is 0.303 e. The standard InChI is InChI=1S/C10H8N4O2/c1-7-11-12-9(10(15)14(7)13-16)8-5-3-2-4-6-8/h2-6H,1H3. The summed E-state index contributed by atoms with van der Waals surface area (Å²) in [7, 11) is 0. The zero-order valence-electron chi connectivity index (χ0n) is 8.49. The Labute approximate surface area is 90.5 Å². The van der Waals surface area contributed by atoms with Gasteiger partial charge in [-0.15, -0.1) is 19.8 Å². The third-order valence-electron chi connectivity index (χ3n) is 2.13. The molecule has 0 fully saturated rings. The SMILES string of the molecule is Cc1nnc(-c2ccccc2)c(=O)n1N=O. The van der Waals surface area contributed by atoms with Crippen molar-refractivity contribution in [3.8, 4) is 11.3 Å². The molecule has 6 heteroatoms. The van der Waals surface area contributed by atoms with Crippen LogP contribution in [0.1, 0.15) is 5.82 Å². The highest BCUT2D eigenvalue weighted by molar-refractivity contribution is 5.56. The van der Waals surface area contributed by atoms with Gasteiger partial charge >= 0.3 is 5.56 Å². The van der Waals surface area contributed by atoms with E-state index in [-0.39, 0.29) is 11.5 Å². The highest BCUT2D eigenvalue weighted by Crippen LogP contribution is 2.10. The lowest BCUT2D eigenvalue weighted by atomic mass is 10.2. The van der Waals surface area contributed by atoms with Gasteiger partial charge in [-0.05, 0) is 6.92 Å². The van der Waals surface area contributed by atoms with Gasteiger partial charge in [0, 0.05) is 5.56 Å². The summed E-state index contributed by atoms with van der Waals surface area (Å²) in [5.74, 6) is 0.166. The van der Waals surface area contributed by atoms with E-state index >= 15 is 0 Å². The van der Waals surface area contributed by atoms with Crippen LogP contribution in [0.5, 0.6) is 0 Å². The van der Waals surface area contributed by atoms with Crippen molar-refractivity contribution in [3.05, 3.63) is 51.4 Å². The van der Waals surface area contributed by atoms with Crippen molar-refractivity contribution < 1.29 is 0 Å². The number of benzene rings is 1. The molecule has 0 N–H and O–H groups in total. The molecule has 0 radical (unpaired) electrons. The van der Waals surface area contributed by atoms with Crippen LogP contribution in [0, 0.1) is 11.8 Å². The van der Waals surface area contributed by atoms with E-state index in [0.29, 0.717) is 10.2 Å². The Morgan fingerprint density at radius 1 is 1.19 bits per heavy atom. The molecule has 1 aromatic carbocycles. The van der Waals surface area contributed by atoms with Crippen LogP contribution in [0.3, 0.4) is 0 Å². The van der Waals surface area contributed by atoms with Crippen LogP contribution in [-0.4, -0.2) is 14.9 Å². The van der Waals surface area contributed by atoms with Gasteiger partial charge in [-0.2, -0.15) is 0 Å². The number of nitrogens with zero attached hydrogens (tertiary/aromatic N) is 4. The third kappa shape index (κ3) is 1.60. The maximum absolute atomic E-state index is 11.8. The first kappa shape index (κ1) is 10.2. The highest BCUT2D eigenvalue weighted by Gasteiger charge is 2.11. The smallest absolute Gasteiger partial charge is 0.265 e. The molecule has 0 aliphatic rings. The minimum atomic E-state index is -0.561. The Morgan fingerprint density at radius 3 is 2.50 bits per heavy atom. The lowest BCUT2D eigenvalue weighted by Crippen LogP contribution is -2.23. The summed E-state index contributed by atoms with van der Waals surface area (Å²) in [4.78, 5) is 22.3. The van der Waals surface area contributed by atoms with Gasteiger partial charge in [-0.1, -0.05) is 30.3 Å². The van der Waals surface area contributed by atoms with Gasteiger partial charge in [0.05, 0.1) is 5.29 Å². The number of rotatable bonds is 2. The minimum Gasteiger partial charge on any atom is -0.265 e. The average molecular weight is 216 g/mol. The van der Waals surface area contributed by atoms with Gasteiger partial charge in [0.2, 0.25) is 0 Å². The van der Waals surface area contributed by atoms with Crippen LogP contribution >= 0.6 is 0 Å². The molecule has 80 valence electrons. The fourth-order valence-electron chi connectivity index (χ4n) is 1.33. The Hall–Kier alpha value is -2.37. The lowest BCUT2D eigenvalue weighted by molar-refractivity contribution is 0.708. The second-order valence-electron chi connectivity index (χ2n) is 3.16. The van der Waals surface area contributed by atoms with Crippen molar-refractivity contribution in [2.24, 2.45) is 5.29 Å². The lowest BCUT2D eigenvalue weighted by Gasteiger charge is -2.01. The van der Waals surface area contributed by atoms with E-state index < -0.39 is 5.56 Å². The van der Waals surface area contributed by atoms with Crippen LogP contribution in [-0.2, 0) is 0 Å². The molecule has 2 rings (SSSR count). The van der Waals surface area contributed by atoms with Gasteiger partial charge in [-0.25, -0.2) is 0 Å². The second-order valence-corrected chi connectivity index (χ2v) is 3.16. The van der Waals surface area contributed by atoms with Gasteiger partial charge < -0.3 is 0 Å². The van der Waals surface area contributed by atoms with E-state index in [9.17, 15) is 9.70 Å². The molecule has 0 bridgehead atoms. The van der Waals surface area contributed by atoms with Crippen molar-refractivity contribution in [1.29, 1.82) is 0 Å². The molecule has 16 heavy (non-hydrogen) atoms. The first-order chi connectivity index (χ1) is 7.74. The first-order valence-electron chi connectivity index (χ1n) is 4.59. The maximum atomic E-state index is 11.8. The molecule has 6 nitrogen and oxygen atoms in total. The van der Waals surface area contributed by atoms with Crippen molar-refractivity contribution in [1.82, 2.24) is 14.9 Å². The van der Waals surface area contributed by atoms with E-state index in [1.807, 2.05) is 6.07 Å². The highest BCUT2D eigenvalue weighted by atomic mass is 16.3. The molecule has 0 aliphatic heterocycles. The fourth-order valence-corrected chi connectivity index (χ4v) is 1.33. The number of aromatic nitrogens is 3. The van der Waals surface area contributed by atoms with E-state index in [4.69, 9.17) is 0 Å². The van der Waals surface area contributed by atoms with E-state index in [1.165, 1.54) is 6.92 Å². The van der Waals surface area contributed by atoms with Crippen LogP contribution in [0.2, 0.25) is 0 Å². The summed E-state index contributed by atoms with van der Waals surface area (Å²) in [6.07, 6.45) is 0. The predicted molar refractivity (Wildman–Crippen MR) is 57.7 cm³/mol. The van der Waals surface area contributed by atoms with Crippen LogP contribution in [0.15, 0.2) is 40.4 Å². The average Bonchev–Trinajstić information content (AvgIpc) is 2.31. The molecule has 0 spiro atoms. The Bertz CT molecular complexity index is 577. The van der Waals surface area contributed by atoms with Gasteiger partial charge in [0.15, 0.2) is 11.5 Å². The normalized spacial score (nSPS) is 10.1. The summed E-state index contributed by atoms with van der Waals surface area (Å²) >= 11 is 0. The molecule has 2 aromatic rings. The second kappa shape index (κ2) is 4.01. The van der Waals surface area contributed by atoms with Crippen LogP contribution in [0.25, 0.3) is 11.3 Å². The third-order valence-corrected chi connectivity index (χ3v) is 2.13. The number of hydrogen-bond donors (Lipinski definition) is 0. The zero-order chi connectivity index (χ0) is 11.5. The quantitative estimate of drug-likeness (QED) is 0.705. The molecule has 0 aliphatic carbocycles. The van der Waals surface area contributed by atoms with Crippen molar-refractivity contribution in [3.63, 3.8) is 0 Å². The summed E-state index contributed by atoms with van der Waals surface area (Å²) in [5, 5.41) is 10.1. The molecule has 0 saturated carbocycles. The number of nitroso groups, excluding NO2 is 1. The monoisotopic (exact) mass is 216 g/mol. The zero-order valence-corrected chi connectivity index (χ0v) is 8.49. The van der Waals surface area contributed by atoms with Crippen LogP contribution < -0.4 is 5.56 Å². The van der Waals surface area contributed by atoms with Gasteiger partial charge in [0.1, 0.15) is 0 Å². The van der Waals surface area contributed by atoms with E-state index in [2.05, 4.69) is 15.5 Å². The summed E-state index contributed by atoms with van der Waals surface area (Å²) in [6, 6.07) is 8.80. The molecule has 1 aromatic heterocycles. The van der Waals surface area contributed by atoms with Gasteiger partial charge in [-0.3, -0.25) is 4.79 Å². The predicted octanol–water partition coefficient (Wildman–Crippen LogP) is 1.14. The Morgan fingerprint density at radius 2 is 1.88 bits per heavy atom. The molecule has 0 unspecified atom stereocenters.